The standard InChI is InChI=1S/C20H13ClN4O6/c1-9-3-2-4-14(21)17(9)31-12-6-10(5-11(7-12)25(29)30)24-15(26)8-13-16(18(24)22)20(28)23-19(13)27/h2-8H,22H2,1H3,(H,23,27,28). The Balaban J connectivity index is 1.92. The number of nitro benzene ring substituents is 1. The summed E-state index contributed by atoms with van der Waals surface area (Å²) in [6, 6.07) is 9.62. The molecule has 0 saturated carbocycles. The summed E-state index contributed by atoms with van der Waals surface area (Å²) in [6.07, 6.45) is 0. The number of carbonyl (C=O) groups is 2. The molecule has 2 amide bonds. The molecular weight excluding hydrogens is 428 g/mol. The van der Waals surface area contributed by atoms with Gasteiger partial charge in [0.2, 0.25) is 0 Å². The number of pyridine rings is 1. The molecule has 11 heteroatoms. The number of hydrogen-bond acceptors (Lipinski definition) is 7. The molecule has 0 spiro atoms. The van der Waals surface area contributed by atoms with E-state index in [0.29, 0.717) is 5.56 Å². The molecule has 10 nitrogen and oxygen atoms in total. The van der Waals surface area contributed by atoms with Gasteiger partial charge in [0.25, 0.3) is 23.1 Å². The van der Waals surface area contributed by atoms with Gasteiger partial charge in [-0.25, -0.2) is 0 Å². The SMILES string of the molecule is Cc1cccc(Cl)c1Oc1cc(-n2c(N)c3c(cc2=O)C(=O)NC3=O)cc([N+](=O)[O-])c1. The zero-order valence-electron chi connectivity index (χ0n) is 15.8. The highest BCUT2D eigenvalue weighted by Gasteiger charge is 2.32. The second-order valence-electron chi connectivity index (χ2n) is 6.71. The lowest BCUT2D eigenvalue weighted by molar-refractivity contribution is -0.384. The summed E-state index contributed by atoms with van der Waals surface area (Å²) in [7, 11) is 0. The number of anilines is 1. The number of nitrogens with two attached hydrogens (primary N) is 1. The first kappa shape index (κ1) is 20.1. The van der Waals surface area contributed by atoms with Gasteiger partial charge in [-0.1, -0.05) is 23.7 Å². The van der Waals surface area contributed by atoms with Crippen LogP contribution in [-0.4, -0.2) is 21.3 Å². The summed E-state index contributed by atoms with van der Waals surface area (Å²) in [5.74, 6) is -1.53. The van der Waals surface area contributed by atoms with E-state index in [-0.39, 0.29) is 44.8 Å². The zero-order valence-corrected chi connectivity index (χ0v) is 16.6. The number of ether oxygens (including phenoxy) is 1. The van der Waals surface area contributed by atoms with Crippen molar-refractivity contribution in [2.24, 2.45) is 0 Å². The van der Waals surface area contributed by atoms with Gasteiger partial charge >= 0.3 is 0 Å². The second kappa shape index (κ2) is 7.26. The van der Waals surface area contributed by atoms with Crippen LogP contribution in [-0.2, 0) is 0 Å². The van der Waals surface area contributed by atoms with Crippen molar-refractivity contribution in [3.63, 3.8) is 0 Å². The minimum absolute atomic E-state index is 0.0210. The monoisotopic (exact) mass is 440 g/mol. The van der Waals surface area contributed by atoms with Gasteiger partial charge in [0.1, 0.15) is 17.3 Å². The summed E-state index contributed by atoms with van der Waals surface area (Å²) < 4.78 is 6.68. The smallest absolute Gasteiger partial charge is 0.275 e. The third-order valence-corrected chi connectivity index (χ3v) is 4.98. The number of halogens is 1. The number of aromatic nitrogens is 1. The molecule has 31 heavy (non-hydrogen) atoms. The van der Waals surface area contributed by atoms with Crippen LogP contribution >= 0.6 is 11.6 Å². The van der Waals surface area contributed by atoms with Gasteiger partial charge in [-0.2, -0.15) is 0 Å². The van der Waals surface area contributed by atoms with E-state index < -0.39 is 22.3 Å². The van der Waals surface area contributed by atoms with Crippen LogP contribution < -0.4 is 21.3 Å². The molecule has 2 aromatic carbocycles. The predicted molar refractivity (Wildman–Crippen MR) is 111 cm³/mol. The zero-order chi connectivity index (χ0) is 22.4. The number of para-hydroxylation sites is 1. The van der Waals surface area contributed by atoms with E-state index >= 15 is 0 Å². The van der Waals surface area contributed by atoms with Crippen molar-refractivity contribution in [3.8, 4) is 17.2 Å². The molecule has 1 aliphatic rings. The third-order valence-electron chi connectivity index (χ3n) is 4.68. The van der Waals surface area contributed by atoms with Crippen LogP contribution in [0, 0.1) is 17.0 Å². The lowest BCUT2D eigenvalue weighted by Gasteiger charge is -2.14. The van der Waals surface area contributed by atoms with Crippen LogP contribution in [0.4, 0.5) is 11.5 Å². The van der Waals surface area contributed by atoms with E-state index in [9.17, 15) is 24.5 Å². The Kier molecular flexibility index (Phi) is 4.71. The Labute approximate surface area is 179 Å². The summed E-state index contributed by atoms with van der Waals surface area (Å²) >= 11 is 6.17. The highest BCUT2D eigenvalue weighted by Crippen LogP contribution is 2.35. The first-order valence-electron chi connectivity index (χ1n) is 8.81. The predicted octanol–water partition coefficient (Wildman–Crippen LogP) is 2.97. The van der Waals surface area contributed by atoms with E-state index in [4.69, 9.17) is 22.1 Å². The van der Waals surface area contributed by atoms with E-state index in [2.05, 4.69) is 5.32 Å². The lowest BCUT2D eigenvalue weighted by atomic mass is 10.1. The summed E-state index contributed by atoms with van der Waals surface area (Å²) in [6.45, 7) is 1.75. The molecule has 3 N–H and O–H groups in total. The highest BCUT2D eigenvalue weighted by molar-refractivity contribution is 6.32. The summed E-state index contributed by atoms with van der Waals surface area (Å²) in [5, 5.41) is 13.8. The number of fused-ring (bicyclic) bond motifs is 1. The summed E-state index contributed by atoms with van der Waals surface area (Å²) in [4.78, 5) is 47.4. The topological polar surface area (TPSA) is 147 Å². The van der Waals surface area contributed by atoms with Crippen LogP contribution in [0.5, 0.6) is 11.5 Å². The van der Waals surface area contributed by atoms with Gasteiger partial charge in [-0.05, 0) is 18.6 Å². The number of carbonyl (C=O) groups excluding carboxylic acids is 2. The van der Waals surface area contributed by atoms with Crippen LogP contribution in [0.15, 0.2) is 47.3 Å². The van der Waals surface area contributed by atoms with Crippen LogP contribution in [0.1, 0.15) is 26.3 Å². The number of rotatable bonds is 4. The van der Waals surface area contributed by atoms with Crippen molar-refractivity contribution in [3.05, 3.63) is 84.6 Å². The number of nitrogens with one attached hydrogen (secondary N) is 1. The highest BCUT2D eigenvalue weighted by atomic mass is 35.5. The molecule has 0 fully saturated rings. The maximum Gasteiger partial charge on any atom is 0.275 e. The molecule has 4 rings (SSSR count). The largest absolute Gasteiger partial charge is 0.455 e. The molecule has 0 radical (unpaired) electrons. The number of nitrogen functional groups attached to an aromatic ring is 1. The lowest BCUT2D eigenvalue weighted by Crippen LogP contribution is -2.24. The van der Waals surface area contributed by atoms with Gasteiger partial charge in [0.05, 0.1) is 32.8 Å². The number of amides is 2. The van der Waals surface area contributed by atoms with Crippen LogP contribution in [0.2, 0.25) is 5.02 Å². The van der Waals surface area contributed by atoms with Crippen molar-refractivity contribution < 1.29 is 19.2 Å². The third kappa shape index (κ3) is 3.38. The molecular formula is C20H13ClN4O6. The Hall–Kier alpha value is -4.18. The van der Waals surface area contributed by atoms with E-state index in [1.54, 1.807) is 25.1 Å². The Morgan fingerprint density at radius 2 is 1.87 bits per heavy atom. The molecule has 0 unspecified atom stereocenters. The molecule has 2 heterocycles. The van der Waals surface area contributed by atoms with E-state index in [0.717, 1.165) is 22.8 Å². The van der Waals surface area contributed by atoms with Gasteiger partial charge in [-0.15, -0.1) is 0 Å². The van der Waals surface area contributed by atoms with Crippen LogP contribution in [0.3, 0.4) is 0 Å². The van der Waals surface area contributed by atoms with Crippen molar-refractivity contribution in [2.45, 2.75) is 6.92 Å². The average Bonchev–Trinajstić information content (AvgIpc) is 2.98. The number of non-ortho nitro benzene ring substituents is 1. The fourth-order valence-electron chi connectivity index (χ4n) is 3.27. The van der Waals surface area contributed by atoms with Gasteiger partial charge in [-0.3, -0.25) is 34.4 Å². The van der Waals surface area contributed by atoms with Gasteiger partial charge in [0, 0.05) is 18.2 Å². The first-order chi connectivity index (χ1) is 14.7. The van der Waals surface area contributed by atoms with Gasteiger partial charge < -0.3 is 10.5 Å². The number of aryl methyl sites for hydroxylation is 1. The first-order valence-corrected chi connectivity index (χ1v) is 9.19. The Morgan fingerprint density at radius 1 is 1.13 bits per heavy atom. The molecule has 156 valence electrons. The molecule has 0 atom stereocenters. The summed E-state index contributed by atoms with van der Waals surface area (Å²) in [5.41, 5.74) is 5.21. The number of nitrogens with zero attached hydrogens (tertiary/aromatic N) is 2. The number of nitro groups is 1. The number of benzene rings is 2. The van der Waals surface area contributed by atoms with Gasteiger partial charge in [0.15, 0.2) is 0 Å². The normalized spacial score (nSPS) is 12.5. The van der Waals surface area contributed by atoms with Crippen LogP contribution in [0.25, 0.3) is 5.69 Å². The van der Waals surface area contributed by atoms with Crippen molar-refractivity contribution in [2.75, 3.05) is 5.73 Å². The molecule has 0 saturated heterocycles. The quantitative estimate of drug-likeness (QED) is 0.360. The maximum atomic E-state index is 12.7. The number of imide groups is 1. The van der Waals surface area contributed by atoms with Crippen molar-refractivity contribution in [1.29, 1.82) is 0 Å². The molecule has 0 bridgehead atoms. The molecule has 3 aromatic rings. The minimum Gasteiger partial charge on any atom is -0.455 e. The molecule has 0 aliphatic carbocycles. The van der Waals surface area contributed by atoms with E-state index in [1.165, 1.54) is 6.07 Å². The van der Waals surface area contributed by atoms with Crippen molar-refractivity contribution in [1.82, 2.24) is 9.88 Å². The minimum atomic E-state index is -0.764. The Bertz CT molecular complexity index is 1340. The fourth-order valence-corrected chi connectivity index (χ4v) is 3.53. The van der Waals surface area contributed by atoms with E-state index in [1.807, 2.05) is 0 Å². The maximum absolute atomic E-state index is 12.7. The molecule has 1 aliphatic heterocycles. The Morgan fingerprint density at radius 3 is 2.55 bits per heavy atom. The number of hydrogen-bond donors (Lipinski definition) is 2. The fraction of sp³-hybridized carbons (Fsp3) is 0.0500. The average molecular weight is 441 g/mol. The van der Waals surface area contributed by atoms with Crippen molar-refractivity contribution >= 4 is 34.9 Å². The second-order valence-corrected chi connectivity index (χ2v) is 7.11. The molecule has 1 aromatic heterocycles.